The van der Waals surface area contributed by atoms with Crippen molar-refractivity contribution in [3.8, 4) is 0 Å². The van der Waals surface area contributed by atoms with Gasteiger partial charge in [-0.3, -0.25) is 0 Å². The first-order valence-electron chi connectivity index (χ1n) is 6.39. The molecule has 1 aliphatic carbocycles. The summed E-state index contributed by atoms with van der Waals surface area (Å²) < 4.78 is 0. The van der Waals surface area contributed by atoms with E-state index >= 15 is 0 Å². The van der Waals surface area contributed by atoms with Crippen LogP contribution in [0.2, 0.25) is 0 Å². The quantitative estimate of drug-likeness (QED) is 0.647. The predicted molar refractivity (Wildman–Crippen MR) is 67.7 cm³/mol. The third kappa shape index (κ3) is 2.96. The molecule has 0 aromatic carbocycles. The molecule has 0 aromatic heterocycles. The summed E-state index contributed by atoms with van der Waals surface area (Å²) in [5.74, 6) is 1.38. The van der Waals surface area contributed by atoms with Gasteiger partial charge in [0.1, 0.15) is 0 Å². The highest BCUT2D eigenvalue weighted by molar-refractivity contribution is 4.94. The van der Waals surface area contributed by atoms with Gasteiger partial charge in [-0.15, -0.1) is 0 Å². The molecule has 1 saturated carbocycles. The van der Waals surface area contributed by atoms with Crippen LogP contribution in [0.5, 0.6) is 0 Å². The van der Waals surface area contributed by atoms with Crippen molar-refractivity contribution in [3.63, 3.8) is 0 Å². The van der Waals surface area contributed by atoms with E-state index in [2.05, 4.69) is 41.5 Å². The Morgan fingerprint density at radius 3 is 1.40 bits per heavy atom. The summed E-state index contributed by atoms with van der Waals surface area (Å²) in [4.78, 5) is 0. The van der Waals surface area contributed by atoms with Crippen molar-refractivity contribution in [3.05, 3.63) is 0 Å². The van der Waals surface area contributed by atoms with Gasteiger partial charge in [0.25, 0.3) is 0 Å². The second-order valence-corrected chi connectivity index (χ2v) is 7.45. The lowest BCUT2D eigenvalue weighted by Crippen LogP contribution is -2.50. The Morgan fingerprint density at radius 2 is 1.13 bits per heavy atom. The van der Waals surface area contributed by atoms with Crippen molar-refractivity contribution in [1.29, 1.82) is 0 Å². The first-order valence-corrected chi connectivity index (χ1v) is 6.39. The summed E-state index contributed by atoms with van der Waals surface area (Å²) in [5, 5.41) is 0. The first kappa shape index (κ1) is 13.0. The van der Waals surface area contributed by atoms with E-state index in [9.17, 15) is 0 Å². The minimum atomic E-state index is 0.364. The minimum absolute atomic E-state index is 0.364. The van der Waals surface area contributed by atoms with Crippen LogP contribution in [0.15, 0.2) is 0 Å². The molecule has 0 spiro atoms. The molecular formula is C14H29N. The van der Waals surface area contributed by atoms with Gasteiger partial charge in [0.15, 0.2) is 0 Å². The highest BCUT2D eigenvalue weighted by Gasteiger charge is 2.41. The molecule has 0 aliphatic heterocycles. The highest BCUT2D eigenvalue weighted by atomic mass is 14.7. The first-order chi connectivity index (χ1) is 6.64. The normalized spacial score (nSPS) is 34.2. The molecule has 1 heteroatoms. The Kier molecular flexibility index (Phi) is 3.55. The van der Waals surface area contributed by atoms with Gasteiger partial charge in [0.2, 0.25) is 0 Å². The van der Waals surface area contributed by atoms with Gasteiger partial charge in [-0.1, -0.05) is 48.0 Å². The third-order valence-electron chi connectivity index (χ3n) is 4.18. The summed E-state index contributed by atoms with van der Waals surface area (Å²) in [5.41, 5.74) is 7.22. The summed E-state index contributed by atoms with van der Waals surface area (Å²) in [6.07, 6.45) is 3.99. The number of nitrogens with two attached hydrogens (primary N) is 1. The van der Waals surface area contributed by atoms with Gasteiger partial charge < -0.3 is 5.73 Å². The smallest absolute Gasteiger partial charge is 0.0106 e. The average molecular weight is 211 g/mol. The topological polar surface area (TPSA) is 26.0 Å². The molecule has 2 atom stereocenters. The molecule has 0 amide bonds. The largest absolute Gasteiger partial charge is 0.327 e. The molecule has 0 aromatic rings. The lowest BCUT2D eigenvalue weighted by Gasteiger charge is -2.47. The lowest BCUT2D eigenvalue weighted by molar-refractivity contribution is 0.0558. The summed E-state index contributed by atoms with van der Waals surface area (Å²) in [6.45, 7) is 14.0. The van der Waals surface area contributed by atoms with Gasteiger partial charge >= 0.3 is 0 Å². The van der Waals surface area contributed by atoms with E-state index in [0.717, 1.165) is 0 Å². The molecule has 0 radical (unpaired) electrons. The van der Waals surface area contributed by atoms with Crippen LogP contribution in [0.3, 0.4) is 0 Å². The van der Waals surface area contributed by atoms with Crippen LogP contribution in [-0.4, -0.2) is 6.04 Å². The number of hydrogen-bond acceptors (Lipinski definition) is 1. The zero-order valence-electron chi connectivity index (χ0n) is 11.4. The lowest BCUT2D eigenvalue weighted by atomic mass is 9.60. The van der Waals surface area contributed by atoms with Crippen molar-refractivity contribution in [2.75, 3.05) is 0 Å². The highest BCUT2D eigenvalue weighted by Crippen LogP contribution is 2.45. The van der Waals surface area contributed by atoms with E-state index in [4.69, 9.17) is 5.73 Å². The predicted octanol–water partition coefficient (Wildman–Crippen LogP) is 3.82. The SMILES string of the molecule is CC(C)(C)C1CCCC(C(C)(C)C)C1N. The van der Waals surface area contributed by atoms with Crippen molar-refractivity contribution in [2.45, 2.75) is 66.8 Å². The Balaban J connectivity index is 2.81. The van der Waals surface area contributed by atoms with Crippen LogP contribution in [0.25, 0.3) is 0 Å². The number of hydrogen-bond donors (Lipinski definition) is 1. The standard InChI is InChI=1S/C14H29N/c1-13(2,3)10-8-7-9-11(12(10)15)14(4,5)6/h10-12H,7-9,15H2,1-6H3. The van der Waals surface area contributed by atoms with E-state index in [1.165, 1.54) is 19.3 Å². The zero-order valence-corrected chi connectivity index (χ0v) is 11.4. The van der Waals surface area contributed by atoms with Crippen molar-refractivity contribution in [2.24, 2.45) is 28.4 Å². The van der Waals surface area contributed by atoms with E-state index in [0.29, 0.717) is 28.7 Å². The molecule has 1 aliphatic rings. The van der Waals surface area contributed by atoms with Gasteiger partial charge in [0.05, 0.1) is 0 Å². The van der Waals surface area contributed by atoms with Gasteiger partial charge in [-0.2, -0.15) is 0 Å². The van der Waals surface area contributed by atoms with Gasteiger partial charge in [-0.05, 0) is 35.5 Å². The molecule has 1 nitrogen and oxygen atoms in total. The van der Waals surface area contributed by atoms with Gasteiger partial charge in [0, 0.05) is 6.04 Å². The van der Waals surface area contributed by atoms with E-state index in [-0.39, 0.29) is 0 Å². The fraction of sp³-hybridized carbons (Fsp3) is 1.00. The molecule has 2 N–H and O–H groups in total. The van der Waals surface area contributed by atoms with Crippen LogP contribution in [0.1, 0.15) is 60.8 Å². The third-order valence-corrected chi connectivity index (χ3v) is 4.18. The molecule has 15 heavy (non-hydrogen) atoms. The maximum atomic E-state index is 6.50. The summed E-state index contributed by atoms with van der Waals surface area (Å²) in [7, 11) is 0. The Labute approximate surface area is 95.8 Å². The second kappa shape index (κ2) is 4.08. The van der Waals surface area contributed by atoms with Crippen LogP contribution >= 0.6 is 0 Å². The van der Waals surface area contributed by atoms with Crippen molar-refractivity contribution in [1.82, 2.24) is 0 Å². The molecule has 0 bridgehead atoms. The van der Waals surface area contributed by atoms with Crippen LogP contribution < -0.4 is 5.73 Å². The Morgan fingerprint density at radius 1 is 0.800 bits per heavy atom. The maximum Gasteiger partial charge on any atom is 0.0106 e. The summed E-state index contributed by atoms with van der Waals surface area (Å²) in [6, 6.07) is 0.388. The molecule has 1 fully saturated rings. The number of rotatable bonds is 0. The van der Waals surface area contributed by atoms with Crippen LogP contribution in [-0.2, 0) is 0 Å². The molecule has 90 valence electrons. The van der Waals surface area contributed by atoms with Gasteiger partial charge in [-0.25, -0.2) is 0 Å². The van der Waals surface area contributed by atoms with Crippen LogP contribution in [0.4, 0.5) is 0 Å². The minimum Gasteiger partial charge on any atom is -0.327 e. The van der Waals surface area contributed by atoms with E-state index in [1.54, 1.807) is 0 Å². The monoisotopic (exact) mass is 211 g/mol. The molecule has 0 heterocycles. The second-order valence-electron chi connectivity index (χ2n) is 7.45. The fourth-order valence-corrected chi connectivity index (χ4v) is 3.24. The van der Waals surface area contributed by atoms with Crippen molar-refractivity contribution < 1.29 is 0 Å². The molecular weight excluding hydrogens is 182 g/mol. The maximum absolute atomic E-state index is 6.50. The Hall–Kier alpha value is -0.0400. The molecule has 0 saturated heterocycles. The average Bonchev–Trinajstić information content (AvgIpc) is 1.99. The molecule has 2 unspecified atom stereocenters. The fourth-order valence-electron chi connectivity index (χ4n) is 3.24. The van der Waals surface area contributed by atoms with Crippen LogP contribution in [0, 0.1) is 22.7 Å². The molecule has 1 rings (SSSR count). The Bertz CT molecular complexity index is 184. The van der Waals surface area contributed by atoms with Crippen molar-refractivity contribution >= 4 is 0 Å². The van der Waals surface area contributed by atoms with E-state index in [1.807, 2.05) is 0 Å². The zero-order chi connectivity index (χ0) is 11.9. The van der Waals surface area contributed by atoms with E-state index < -0.39 is 0 Å². The summed E-state index contributed by atoms with van der Waals surface area (Å²) >= 11 is 0.